The van der Waals surface area contributed by atoms with Crippen LogP contribution < -0.4 is 0 Å². The predicted octanol–water partition coefficient (Wildman–Crippen LogP) is 4.13. The lowest BCUT2D eigenvalue weighted by atomic mass is 9.99. The first kappa shape index (κ1) is 27.4. The second kappa shape index (κ2) is 13.2. The van der Waals surface area contributed by atoms with E-state index in [0.717, 1.165) is 0 Å². The Morgan fingerprint density at radius 1 is 0.737 bits per heavy atom. The van der Waals surface area contributed by atoms with Gasteiger partial charge in [-0.2, -0.15) is 0 Å². The Labute approximate surface area is 224 Å². The highest BCUT2D eigenvalue weighted by atomic mass is 32.2. The summed E-state index contributed by atoms with van der Waals surface area (Å²) < 4.78 is 23.0. The summed E-state index contributed by atoms with van der Waals surface area (Å²) in [5.74, 6) is -1.36. The van der Waals surface area contributed by atoms with E-state index in [1.165, 1.54) is 11.8 Å². The van der Waals surface area contributed by atoms with E-state index in [2.05, 4.69) is 0 Å². The Morgan fingerprint density at radius 3 is 1.66 bits per heavy atom. The Kier molecular flexibility index (Phi) is 9.53. The van der Waals surface area contributed by atoms with Crippen LogP contribution in [0.4, 0.5) is 0 Å². The fourth-order valence-corrected chi connectivity index (χ4v) is 4.90. The number of carbonyl (C=O) groups is 3. The summed E-state index contributed by atoms with van der Waals surface area (Å²) in [4.78, 5) is 38.3. The molecular weight excluding hydrogens is 508 g/mol. The van der Waals surface area contributed by atoms with Crippen molar-refractivity contribution in [1.82, 2.24) is 0 Å². The number of hydrogen-bond donors (Lipinski definition) is 1. The topological polar surface area (TPSA) is 108 Å². The van der Waals surface area contributed by atoms with Crippen molar-refractivity contribution < 1.29 is 38.4 Å². The summed E-state index contributed by atoms with van der Waals surface area (Å²) in [6, 6.07) is 25.1. The number of thioether (sulfide) groups is 1. The number of benzene rings is 3. The van der Waals surface area contributed by atoms with Gasteiger partial charge in [0.15, 0.2) is 12.2 Å². The molecule has 3 aromatic carbocycles. The highest BCUT2D eigenvalue weighted by Crippen LogP contribution is 2.33. The first-order valence-electron chi connectivity index (χ1n) is 12.2. The quantitative estimate of drug-likeness (QED) is 0.319. The van der Waals surface area contributed by atoms with E-state index in [0.29, 0.717) is 16.9 Å². The molecule has 0 aromatic heterocycles. The number of aliphatic hydroxyl groups excluding tert-OH is 1. The molecule has 5 unspecified atom stereocenters. The maximum atomic E-state index is 12.9. The zero-order valence-corrected chi connectivity index (χ0v) is 21.5. The SMILES string of the molecule is CCSC1OC(COC(=O)c2ccccc2)C(OC(=O)c2ccccc2)C(O)C1OC(=O)c1ccccc1. The van der Waals surface area contributed by atoms with Crippen molar-refractivity contribution in [2.24, 2.45) is 0 Å². The normalized spacial score (nSPS) is 22.7. The van der Waals surface area contributed by atoms with E-state index in [4.69, 9.17) is 18.9 Å². The minimum atomic E-state index is -1.45. The van der Waals surface area contributed by atoms with Gasteiger partial charge in [0, 0.05) is 0 Å². The second-order valence-electron chi connectivity index (χ2n) is 8.43. The lowest BCUT2D eigenvalue weighted by molar-refractivity contribution is -0.206. The average molecular weight is 537 g/mol. The third-order valence-corrected chi connectivity index (χ3v) is 6.88. The van der Waals surface area contributed by atoms with Crippen LogP contribution in [0.1, 0.15) is 38.0 Å². The van der Waals surface area contributed by atoms with Gasteiger partial charge >= 0.3 is 17.9 Å². The molecule has 5 atom stereocenters. The third kappa shape index (κ3) is 6.80. The number of hydrogen-bond acceptors (Lipinski definition) is 9. The molecule has 3 aromatic rings. The number of carbonyl (C=O) groups excluding carboxylic acids is 3. The summed E-state index contributed by atoms with van der Waals surface area (Å²) in [5, 5.41) is 11.4. The zero-order chi connectivity index (χ0) is 26.9. The van der Waals surface area contributed by atoms with Crippen LogP contribution in [0.15, 0.2) is 91.0 Å². The molecule has 0 radical (unpaired) electrons. The molecule has 0 bridgehead atoms. The van der Waals surface area contributed by atoms with Crippen LogP contribution in [0.2, 0.25) is 0 Å². The van der Waals surface area contributed by atoms with E-state index in [-0.39, 0.29) is 12.2 Å². The minimum absolute atomic E-state index is 0.266. The first-order chi connectivity index (χ1) is 18.5. The van der Waals surface area contributed by atoms with Crippen LogP contribution in [0.25, 0.3) is 0 Å². The lowest BCUT2D eigenvalue weighted by Crippen LogP contribution is -2.60. The molecule has 0 spiro atoms. The van der Waals surface area contributed by atoms with Crippen molar-refractivity contribution in [3.05, 3.63) is 108 Å². The van der Waals surface area contributed by atoms with Gasteiger partial charge in [-0.25, -0.2) is 14.4 Å². The molecule has 4 rings (SSSR count). The van der Waals surface area contributed by atoms with Gasteiger partial charge in [-0.3, -0.25) is 0 Å². The van der Waals surface area contributed by atoms with Crippen molar-refractivity contribution in [3.8, 4) is 0 Å². The van der Waals surface area contributed by atoms with Crippen LogP contribution in [-0.4, -0.2) is 65.2 Å². The molecule has 8 nitrogen and oxygen atoms in total. The monoisotopic (exact) mass is 536 g/mol. The van der Waals surface area contributed by atoms with Crippen molar-refractivity contribution in [1.29, 1.82) is 0 Å². The molecule has 0 saturated carbocycles. The number of rotatable bonds is 9. The van der Waals surface area contributed by atoms with E-state index >= 15 is 0 Å². The molecule has 198 valence electrons. The smallest absolute Gasteiger partial charge is 0.338 e. The van der Waals surface area contributed by atoms with E-state index in [1.807, 2.05) is 6.92 Å². The molecule has 1 N–H and O–H groups in total. The van der Waals surface area contributed by atoms with Gasteiger partial charge < -0.3 is 24.1 Å². The summed E-state index contributed by atoms with van der Waals surface area (Å²) in [6.45, 7) is 1.60. The summed E-state index contributed by atoms with van der Waals surface area (Å²) >= 11 is 1.31. The van der Waals surface area contributed by atoms with Gasteiger partial charge in [0.1, 0.15) is 24.3 Å². The molecule has 0 aliphatic carbocycles. The van der Waals surface area contributed by atoms with Gasteiger partial charge in [0.05, 0.1) is 16.7 Å². The summed E-state index contributed by atoms with van der Waals surface area (Å²) in [7, 11) is 0. The number of esters is 3. The summed E-state index contributed by atoms with van der Waals surface area (Å²) in [5.41, 5.74) is 0.116. The largest absolute Gasteiger partial charge is 0.459 e. The molecule has 1 aliphatic heterocycles. The predicted molar refractivity (Wildman–Crippen MR) is 141 cm³/mol. The lowest BCUT2D eigenvalue weighted by Gasteiger charge is -2.43. The maximum absolute atomic E-state index is 12.9. The Morgan fingerprint density at radius 2 is 1.18 bits per heavy atom. The maximum Gasteiger partial charge on any atom is 0.338 e. The summed E-state index contributed by atoms with van der Waals surface area (Å²) in [6.07, 6.45) is -4.90. The van der Waals surface area contributed by atoms with Crippen molar-refractivity contribution >= 4 is 29.7 Å². The zero-order valence-electron chi connectivity index (χ0n) is 20.7. The van der Waals surface area contributed by atoms with Gasteiger partial charge in [0.25, 0.3) is 0 Å². The van der Waals surface area contributed by atoms with Gasteiger partial charge in [-0.1, -0.05) is 61.5 Å². The van der Waals surface area contributed by atoms with Gasteiger partial charge in [0.2, 0.25) is 0 Å². The van der Waals surface area contributed by atoms with Crippen LogP contribution in [0.3, 0.4) is 0 Å². The third-order valence-electron chi connectivity index (χ3n) is 5.84. The van der Waals surface area contributed by atoms with Crippen molar-refractivity contribution in [2.75, 3.05) is 12.4 Å². The van der Waals surface area contributed by atoms with Crippen molar-refractivity contribution in [3.63, 3.8) is 0 Å². The molecule has 1 heterocycles. The van der Waals surface area contributed by atoms with Crippen LogP contribution in [0.5, 0.6) is 0 Å². The van der Waals surface area contributed by atoms with Gasteiger partial charge in [-0.15, -0.1) is 11.8 Å². The van der Waals surface area contributed by atoms with Crippen LogP contribution >= 0.6 is 11.8 Å². The van der Waals surface area contributed by atoms with E-state index < -0.39 is 47.8 Å². The van der Waals surface area contributed by atoms with E-state index in [1.54, 1.807) is 91.0 Å². The van der Waals surface area contributed by atoms with Gasteiger partial charge in [-0.05, 0) is 42.2 Å². The Balaban J connectivity index is 1.57. The molecule has 1 fully saturated rings. The number of aliphatic hydroxyl groups is 1. The van der Waals surface area contributed by atoms with Crippen LogP contribution in [-0.2, 0) is 18.9 Å². The fraction of sp³-hybridized carbons (Fsp3) is 0.276. The molecule has 9 heteroatoms. The standard InChI is InChI=1S/C29H28O8S/c1-2-38-29-25(37-28(33)21-16-10-5-11-17-21)23(30)24(36-27(32)20-14-8-4-9-15-20)22(35-29)18-34-26(31)19-12-6-3-7-13-19/h3-17,22-25,29-30H,2,18H2,1H3. The molecule has 0 amide bonds. The molecule has 38 heavy (non-hydrogen) atoms. The highest BCUT2D eigenvalue weighted by Gasteiger charge is 2.50. The molecule has 1 aliphatic rings. The highest BCUT2D eigenvalue weighted by molar-refractivity contribution is 7.99. The number of ether oxygens (including phenoxy) is 4. The first-order valence-corrected chi connectivity index (χ1v) is 13.2. The molecule has 1 saturated heterocycles. The Bertz CT molecular complexity index is 1200. The van der Waals surface area contributed by atoms with Crippen molar-refractivity contribution in [2.45, 2.75) is 36.8 Å². The Hall–Kier alpha value is -3.66. The van der Waals surface area contributed by atoms with E-state index in [9.17, 15) is 19.5 Å². The average Bonchev–Trinajstić information content (AvgIpc) is 2.96. The second-order valence-corrected chi connectivity index (χ2v) is 9.80. The fourth-order valence-electron chi connectivity index (χ4n) is 3.95. The molecular formula is C29H28O8S. The van der Waals surface area contributed by atoms with Crippen LogP contribution in [0, 0.1) is 0 Å². The minimum Gasteiger partial charge on any atom is -0.459 e.